The highest BCUT2D eigenvalue weighted by atomic mass is 32.1. The zero-order valence-corrected chi connectivity index (χ0v) is 30.6. The van der Waals surface area contributed by atoms with Gasteiger partial charge in [-0.25, -0.2) is 0 Å². The van der Waals surface area contributed by atoms with E-state index in [1.54, 1.807) is 0 Å². The molecule has 0 N–H and O–H groups in total. The highest BCUT2D eigenvalue weighted by molar-refractivity contribution is 7.25. The lowest BCUT2D eigenvalue weighted by atomic mass is 9.97. The normalized spacial score (nSPS) is 11.6. The van der Waals surface area contributed by atoms with Crippen LogP contribution >= 0.6 is 11.3 Å². The van der Waals surface area contributed by atoms with Crippen molar-refractivity contribution in [2.24, 2.45) is 0 Å². The second kappa shape index (κ2) is 12.9. The fourth-order valence-electron chi connectivity index (χ4n) is 8.29. The minimum Gasteiger partial charge on any atom is -0.456 e. The van der Waals surface area contributed by atoms with Crippen LogP contribution in [-0.4, -0.2) is 0 Å². The Bertz CT molecular complexity index is 3240. The molecule has 0 radical (unpaired) electrons. The Balaban J connectivity index is 1.09. The molecule has 0 aliphatic heterocycles. The lowest BCUT2D eigenvalue weighted by Gasteiger charge is -2.27. The van der Waals surface area contributed by atoms with Crippen LogP contribution in [0.3, 0.4) is 0 Å². The van der Waals surface area contributed by atoms with Gasteiger partial charge in [0.05, 0.1) is 0 Å². The maximum Gasteiger partial charge on any atom is 0.136 e. The summed E-state index contributed by atoms with van der Waals surface area (Å²) in [7, 11) is 0. The van der Waals surface area contributed by atoms with Crippen LogP contribution in [0.4, 0.5) is 17.1 Å². The zero-order chi connectivity index (χ0) is 36.3. The molecule has 9 aromatic carbocycles. The van der Waals surface area contributed by atoms with Gasteiger partial charge in [0.15, 0.2) is 0 Å². The Morgan fingerprint density at radius 2 is 0.891 bits per heavy atom. The van der Waals surface area contributed by atoms with Crippen LogP contribution in [0.2, 0.25) is 0 Å². The minimum absolute atomic E-state index is 0.895. The van der Waals surface area contributed by atoms with E-state index in [-0.39, 0.29) is 0 Å². The smallest absolute Gasteiger partial charge is 0.136 e. The highest BCUT2D eigenvalue weighted by Gasteiger charge is 2.18. The van der Waals surface area contributed by atoms with Crippen molar-refractivity contribution in [1.29, 1.82) is 0 Å². The summed E-state index contributed by atoms with van der Waals surface area (Å²) < 4.78 is 8.93. The van der Waals surface area contributed by atoms with Gasteiger partial charge in [-0.1, -0.05) is 133 Å². The maximum absolute atomic E-state index is 6.31. The van der Waals surface area contributed by atoms with Crippen LogP contribution in [0, 0.1) is 0 Å². The van der Waals surface area contributed by atoms with Crippen molar-refractivity contribution in [1.82, 2.24) is 0 Å². The largest absolute Gasteiger partial charge is 0.456 e. The number of thiophene rings is 1. The zero-order valence-electron chi connectivity index (χ0n) is 29.8. The molecule has 55 heavy (non-hydrogen) atoms. The van der Waals surface area contributed by atoms with Gasteiger partial charge in [0.25, 0.3) is 0 Å². The molecule has 0 amide bonds. The fraction of sp³-hybridized carbons (Fsp3) is 0. The van der Waals surface area contributed by atoms with Gasteiger partial charge in [0, 0.05) is 48.0 Å². The lowest BCUT2D eigenvalue weighted by molar-refractivity contribution is 0.669. The maximum atomic E-state index is 6.31. The average Bonchev–Trinajstić information content (AvgIpc) is 3.82. The topological polar surface area (TPSA) is 16.4 Å². The molecule has 11 aromatic rings. The molecule has 0 saturated heterocycles. The predicted octanol–water partition coefficient (Wildman–Crippen LogP) is 15.6. The third-order valence-corrected chi connectivity index (χ3v) is 12.0. The number of furan rings is 1. The van der Waals surface area contributed by atoms with Crippen molar-refractivity contribution in [3.63, 3.8) is 0 Å². The van der Waals surface area contributed by atoms with E-state index in [1.807, 2.05) is 23.5 Å². The molecule has 0 fully saturated rings. The third-order valence-electron chi connectivity index (χ3n) is 10.8. The van der Waals surface area contributed by atoms with E-state index in [1.165, 1.54) is 53.2 Å². The van der Waals surface area contributed by atoms with Crippen LogP contribution in [0.1, 0.15) is 0 Å². The molecule has 258 valence electrons. The van der Waals surface area contributed by atoms with Crippen molar-refractivity contribution in [2.45, 2.75) is 0 Å². The first-order valence-corrected chi connectivity index (χ1v) is 19.5. The van der Waals surface area contributed by atoms with E-state index in [9.17, 15) is 0 Å². The van der Waals surface area contributed by atoms with Crippen LogP contribution in [0.25, 0.3) is 86.3 Å². The molecule has 0 saturated carbocycles. The average molecular weight is 720 g/mol. The Labute approximate surface area is 322 Å². The van der Waals surface area contributed by atoms with E-state index >= 15 is 0 Å². The highest BCUT2D eigenvalue weighted by Crippen LogP contribution is 2.44. The van der Waals surface area contributed by atoms with Crippen molar-refractivity contribution in [3.05, 3.63) is 200 Å². The molecule has 3 heteroatoms. The molecule has 0 unspecified atom stereocenters. The van der Waals surface area contributed by atoms with Crippen molar-refractivity contribution < 1.29 is 4.42 Å². The Hall–Kier alpha value is -6.94. The Kier molecular flexibility index (Phi) is 7.39. The Morgan fingerprint density at radius 1 is 0.345 bits per heavy atom. The number of para-hydroxylation sites is 1. The summed E-state index contributed by atoms with van der Waals surface area (Å²) in [4.78, 5) is 2.40. The fourth-order valence-corrected chi connectivity index (χ4v) is 9.43. The quantitative estimate of drug-likeness (QED) is 0.170. The standard InChI is InChI=1S/C52H33NOS/c1-2-20-42-34(12-1)13-10-23-43(42)37-15-8-18-40(31-37)53(39-17-7-14-35(30-39)36-28-29-46-45-21-3-5-25-48(45)54-49(46)33-36)41-19-9-16-38(32-41)44-24-11-27-51-52(44)47-22-4-6-26-50(47)55-51/h1-33H. The van der Waals surface area contributed by atoms with E-state index in [2.05, 4.69) is 193 Å². The molecule has 2 aromatic heterocycles. The van der Waals surface area contributed by atoms with Crippen molar-refractivity contribution >= 4 is 81.3 Å². The van der Waals surface area contributed by atoms with E-state index in [0.29, 0.717) is 0 Å². The first kappa shape index (κ1) is 31.6. The van der Waals surface area contributed by atoms with Gasteiger partial charge >= 0.3 is 0 Å². The first-order valence-electron chi connectivity index (χ1n) is 18.7. The SMILES string of the molecule is c1cc(-c2ccc3c(c2)oc2ccccc23)cc(N(c2cccc(-c3cccc4ccccc34)c2)c2cccc(-c3cccc4sc5ccccc5c34)c2)c1. The molecule has 0 aliphatic carbocycles. The lowest BCUT2D eigenvalue weighted by Crippen LogP contribution is -2.10. The van der Waals surface area contributed by atoms with E-state index < -0.39 is 0 Å². The molecule has 11 rings (SSSR count). The molecule has 0 atom stereocenters. The van der Waals surface area contributed by atoms with Crippen LogP contribution in [-0.2, 0) is 0 Å². The second-order valence-corrected chi connectivity index (χ2v) is 15.2. The van der Waals surface area contributed by atoms with Crippen LogP contribution in [0.5, 0.6) is 0 Å². The number of hydrogen-bond acceptors (Lipinski definition) is 3. The van der Waals surface area contributed by atoms with Crippen LogP contribution in [0.15, 0.2) is 205 Å². The number of benzene rings is 9. The van der Waals surface area contributed by atoms with Crippen molar-refractivity contribution in [3.8, 4) is 33.4 Å². The molecule has 0 bridgehead atoms. The summed E-state index contributed by atoms with van der Waals surface area (Å²) in [5, 5.41) is 7.37. The molecule has 2 nitrogen and oxygen atoms in total. The summed E-state index contributed by atoms with van der Waals surface area (Å²) in [5.41, 5.74) is 12.1. The van der Waals surface area contributed by atoms with Gasteiger partial charge < -0.3 is 9.32 Å². The Morgan fingerprint density at radius 3 is 1.71 bits per heavy atom. The number of hydrogen-bond donors (Lipinski definition) is 0. The first-order chi connectivity index (χ1) is 27.2. The number of nitrogens with zero attached hydrogens (tertiary/aromatic N) is 1. The van der Waals surface area contributed by atoms with Crippen LogP contribution < -0.4 is 4.90 Å². The van der Waals surface area contributed by atoms with Gasteiger partial charge in [-0.3, -0.25) is 0 Å². The molecule has 2 heterocycles. The summed E-state index contributed by atoms with van der Waals surface area (Å²) in [6.07, 6.45) is 0. The molecular weight excluding hydrogens is 687 g/mol. The van der Waals surface area contributed by atoms with Gasteiger partial charge in [-0.15, -0.1) is 11.3 Å². The van der Waals surface area contributed by atoms with Crippen molar-refractivity contribution in [2.75, 3.05) is 4.90 Å². The van der Waals surface area contributed by atoms with E-state index in [4.69, 9.17) is 4.42 Å². The summed E-state index contributed by atoms with van der Waals surface area (Å²) in [6, 6.07) is 72.3. The summed E-state index contributed by atoms with van der Waals surface area (Å²) in [6.45, 7) is 0. The van der Waals surface area contributed by atoms with Gasteiger partial charge in [-0.2, -0.15) is 0 Å². The second-order valence-electron chi connectivity index (χ2n) is 14.1. The van der Waals surface area contributed by atoms with Gasteiger partial charge in [0.2, 0.25) is 0 Å². The summed E-state index contributed by atoms with van der Waals surface area (Å²) in [5.74, 6) is 0. The van der Waals surface area contributed by atoms with E-state index in [0.717, 1.165) is 50.1 Å². The number of fused-ring (bicyclic) bond motifs is 7. The van der Waals surface area contributed by atoms with Gasteiger partial charge in [-0.05, 0) is 111 Å². The number of anilines is 3. The predicted molar refractivity (Wildman–Crippen MR) is 235 cm³/mol. The van der Waals surface area contributed by atoms with Gasteiger partial charge in [0.1, 0.15) is 11.2 Å². The molecule has 0 aliphatic rings. The molecular formula is C52H33NOS. The molecule has 0 spiro atoms. The summed E-state index contributed by atoms with van der Waals surface area (Å²) >= 11 is 1.86. The third kappa shape index (κ3) is 5.40. The monoisotopic (exact) mass is 719 g/mol. The number of rotatable bonds is 6. The minimum atomic E-state index is 0.895.